The molecule has 6 heteroatoms. The predicted octanol–water partition coefficient (Wildman–Crippen LogP) is 1.06. The van der Waals surface area contributed by atoms with Crippen molar-refractivity contribution in [1.29, 1.82) is 5.26 Å². The van der Waals surface area contributed by atoms with Gasteiger partial charge in [-0.1, -0.05) is 0 Å². The average Bonchev–Trinajstić information content (AvgIpc) is 2.37. The standard InChI is InChI=1S/C11H10N6/c1-8-13-4-3-10(16-8)7-15-11-14-5-2-9(6-12)17-11/h2-5H,7H2,1H3,(H,14,15,17). The summed E-state index contributed by atoms with van der Waals surface area (Å²) in [5.41, 5.74) is 1.19. The summed E-state index contributed by atoms with van der Waals surface area (Å²) < 4.78 is 0. The molecule has 0 saturated carbocycles. The fraction of sp³-hybridized carbons (Fsp3) is 0.182. The molecule has 2 heterocycles. The summed E-state index contributed by atoms with van der Waals surface area (Å²) in [4.78, 5) is 16.3. The third-order valence-electron chi connectivity index (χ3n) is 2.03. The zero-order valence-electron chi connectivity index (χ0n) is 9.25. The zero-order valence-corrected chi connectivity index (χ0v) is 9.25. The number of aryl methyl sites for hydroxylation is 1. The van der Waals surface area contributed by atoms with Gasteiger partial charge in [0.05, 0.1) is 12.2 Å². The quantitative estimate of drug-likeness (QED) is 0.841. The highest BCUT2D eigenvalue weighted by Crippen LogP contribution is 2.02. The zero-order chi connectivity index (χ0) is 12.1. The van der Waals surface area contributed by atoms with Crippen LogP contribution in [-0.4, -0.2) is 19.9 Å². The molecular formula is C11H10N6. The fourth-order valence-electron chi connectivity index (χ4n) is 1.28. The van der Waals surface area contributed by atoms with Crippen molar-refractivity contribution in [2.24, 2.45) is 0 Å². The molecule has 0 aliphatic rings. The van der Waals surface area contributed by atoms with E-state index < -0.39 is 0 Å². The van der Waals surface area contributed by atoms with E-state index >= 15 is 0 Å². The first-order chi connectivity index (χ1) is 8.28. The largest absolute Gasteiger partial charge is 0.349 e. The Hall–Kier alpha value is -2.55. The molecule has 0 atom stereocenters. The Balaban J connectivity index is 2.05. The van der Waals surface area contributed by atoms with Gasteiger partial charge in [0.2, 0.25) is 5.95 Å². The van der Waals surface area contributed by atoms with Crippen LogP contribution in [-0.2, 0) is 6.54 Å². The van der Waals surface area contributed by atoms with Crippen molar-refractivity contribution in [3.8, 4) is 6.07 Å². The first-order valence-corrected chi connectivity index (χ1v) is 5.03. The second-order valence-electron chi connectivity index (χ2n) is 3.33. The minimum atomic E-state index is 0.335. The van der Waals surface area contributed by atoms with Gasteiger partial charge in [0, 0.05) is 12.4 Å². The van der Waals surface area contributed by atoms with Crippen LogP contribution in [0.5, 0.6) is 0 Å². The van der Waals surface area contributed by atoms with E-state index in [-0.39, 0.29) is 0 Å². The van der Waals surface area contributed by atoms with Crippen LogP contribution in [0.25, 0.3) is 0 Å². The monoisotopic (exact) mass is 226 g/mol. The van der Waals surface area contributed by atoms with E-state index in [1.165, 1.54) is 0 Å². The molecule has 0 amide bonds. The summed E-state index contributed by atoms with van der Waals surface area (Å²) in [5, 5.41) is 11.7. The van der Waals surface area contributed by atoms with Crippen LogP contribution in [0.2, 0.25) is 0 Å². The molecule has 0 fully saturated rings. The van der Waals surface area contributed by atoms with Crippen LogP contribution >= 0.6 is 0 Å². The number of aromatic nitrogens is 4. The highest BCUT2D eigenvalue weighted by Gasteiger charge is 1.99. The molecule has 0 aliphatic heterocycles. The first kappa shape index (κ1) is 11.0. The Kier molecular flexibility index (Phi) is 3.21. The van der Waals surface area contributed by atoms with E-state index in [2.05, 4.69) is 25.3 Å². The molecule has 2 aromatic rings. The summed E-state index contributed by atoms with van der Waals surface area (Å²) in [6.07, 6.45) is 3.24. The molecule has 2 aromatic heterocycles. The Morgan fingerprint density at radius 2 is 2.06 bits per heavy atom. The predicted molar refractivity (Wildman–Crippen MR) is 60.8 cm³/mol. The molecule has 0 saturated heterocycles. The summed E-state index contributed by atoms with van der Waals surface area (Å²) in [6.45, 7) is 2.33. The number of hydrogen-bond donors (Lipinski definition) is 1. The van der Waals surface area contributed by atoms with Gasteiger partial charge < -0.3 is 5.32 Å². The topological polar surface area (TPSA) is 87.4 Å². The van der Waals surface area contributed by atoms with Gasteiger partial charge in [0.25, 0.3) is 0 Å². The molecular weight excluding hydrogens is 216 g/mol. The lowest BCUT2D eigenvalue weighted by molar-refractivity contribution is 0.939. The van der Waals surface area contributed by atoms with E-state index in [1.54, 1.807) is 18.5 Å². The number of nitriles is 1. The van der Waals surface area contributed by atoms with Gasteiger partial charge in [-0.05, 0) is 19.1 Å². The maximum absolute atomic E-state index is 8.70. The molecule has 2 rings (SSSR count). The fourth-order valence-corrected chi connectivity index (χ4v) is 1.28. The van der Waals surface area contributed by atoms with Gasteiger partial charge in [-0.2, -0.15) is 5.26 Å². The Morgan fingerprint density at radius 3 is 2.82 bits per heavy atom. The molecule has 0 aliphatic carbocycles. The number of rotatable bonds is 3. The lowest BCUT2D eigenvalue weighted by Gasteiger charge is -2.04. The van der Waals surface area contributed by atoms with Crippen molar-refractivity contribution in [3.05, 3.63) is 41.7 Å². The van der Waals surface area contributed by atoms with E-state index in [0.29, 0.717) is 18.2 Å². The summed E-state index contributed by atoms with van der Waals surface area (Å²) in [5.74, 6) is 1.14. The molecule has 17 heavy (non-hydrogen) atoms. The van der Waals surface area contributed by atoms with Gasteiger partial charge in [0.15, 0.2) is 0 Å². The molecule has 0 spiro atoms. The molecule has 0 radical (unpaired) electrons. The second-order valence-corrected chi connectivity index (χ2v) is 3.33. The maximum atomic E-state index is 8.70. The minimum Gasteiger partial charge on any atom is -0.349 e. The number of nitrogens with one attached hydrogen (secondary N) is 1. The van der Waals surface area contributed by atoms with Crippen molar-refractivity contribution >= 4 is 5.95 Å². The average molecular weight is 226 g/mol. The lowest BCUT2D eigenvalue weighted by atomic mass is 10.4. The molecule has 1 N–H and O–H groups in total. The number of anilines is 1. The van der Waals surface area contributed by atoms with Crippen LogP contribution < -0.4 is 5.32 Å². The van der Waals surface area contributed by atoms with Gasteiger partial charge in [0.1, 0.15) is 17.6 Å². The van der Waals surface area contributed by atoms with Gasteiger partial charge in [-0.25, -0.2) is 19.9 Å². The van der Waals surface area contributed by atoms with Crippen molar-refractivity contribution in [2.75, 3.05) is 5.32 Å². The molecule has 0 unspecified atom stereocenters. The summed E-state index contributed by atoms with van der Waals surface area (Å²) >= 11 is 0. The first-order valence-electron chi connectivity index (χ1n) is 5.03. The highest BCUT2D eigenvalue weighted by molar-refractivity contribution is 5.30. The van der Waals surface area contributed by atoms with Crippen LogP contribution in [0, 0.1) is 18.3 Å². The van der Waals surface area contributed by atoms with E-state index in [9.17, 15) is 0 Å². The van der Waals surface area contributed by atoms with Crippen LogP contribution in [0.3, 0.4) is 0 Å². The van der Waals surface area contributed by atoms with E-state index in [1.807, 2.05) is 19.1 Å². The minimum absolute atomic E-state index is 0.335. The summed E-state index contributed by atoms with van der Waals surface area (Å²) in [6, 6.07) is 5.33. The third kappa shape index (κ3) is 2.95. The Labute approximate surface area is 98.4 Å². The Bertz CT molecular complexity index is 560. The van der Waals surface area contributed by atoms with Crippen LogP contribution in [0.4, 0.5) is 5.95 Å². The molecule has 0 bridgehead atoms. The lowest BCUT2D eigenvalue weighted by Crippen LogP contribution is -2.06. The molecule has 0 aromatic carbocycles. The molecule has 6 nitrogen and oxygen atoms in total. The van der Waals surface area contributed by atoms with Crippen LogP contribution in [0.1, 0.15) is 17.2 Å². The van der Waals surface area contributed by atoms with Gasteiger partial charge in [-0.3, -0.25) is 0 Å². The van der Waals surface area contributed by atoms with Crippen LogP contribution in [0.15, 0.2) is 24.5 Å². The van der Waals surface area contributed by atoms with E-state index in [4.69, 9.17) is 5.26 Å². The smallest absolute Gasteiger partial charge is 0.224 e. The molecule has 84 valence electrons. The van der Waals surface area contributed by atoms with Crippen molar-refractivity contribution in [3.63, 3.8) is 0 Å². The van der Waals surface area contributed by atoms with Crippen molar-refractivity contribution < 1.29 is 0 Å². The van der Waals surface area contributed by atoms with Gasteiger partial charge >= 0.3 is 0 Å². The SMILES string of the molecule is Cc1nccc(CNc2nccc(C#N)n2)n1. The number of hydrogen-bond acceptors (Lipinski definition) is 6. The highest BCUT2D eigenvalue weighted by atomic mass is 15.1. The summed E-state index contributed by atoms with van der Waals surface area (Å²) in [7, 11) is 0. The van der Waals surface area contributed by atoms with Gasteiger partial charge in [-0.15, -0.1) is 0 Å². The third-order valence-corrected chi connectivity index (χ3v) is 2.03. The maximum Gasteiger partial charge on any atom is 0.224 e. The number of nitrogens with zero attached hydrogens (tertiary/aromatic N) is 5. The second kappa shape index (κ2) is 4.99. The normalized spacial score (nSPS) is 9.65. The van der Waals surface area contributed by atoms with Crippen molar-refractivity contribution in [1.82, 2.24) is 19.9 Å². The Morgan fingerprint density at radius 1 is 1.24 bits per heavy atom. The van der Waals surface area contributed by atoms with E-state index in [0.717, 1.165) is 11.5 Å². The van der Waals surface area contributed by atoms with Crippen molar-refractivity contribution in [2.45, 2.75) is 13.5 Å².